The monoisotopic (exact) mass is 351 g/mol. The first kappa shape index (κ1) is 15.8. The van der Waals surface area contributed by atoms with Gasteiger partial charge in [0.25, 0.3) is 5.91 Å². The van der Waals surface area contributed by atoms with Gasteiger partial charge < -0.3 is 0 Å². The molecular formula is C14H14ClN5O2S. The van der Waals surface area contributed by atoms with Crippen LogP contribution in [0.2, 0.25) is 5.02 Å². The molecule has 2 aromatic rings. The first-order valence-electron chi connectivity index (χ1n) is 7.01. The van der Waals surface area contributed by atoms with Crippen molar-refractivity contribution in [3.63, 3.8) is 0 Å². The molecule has 7 nitrogen and oxygen atoms in total. The Bertz CT molecular complexity index is 714. The molecule has 0 spiro atoms. The molecule has 0 atom stereocenters. The Kier molecular flexibility index (Phi) is 4.82. The summed E-state index contributed by atoms with van der Waals surface area (Å²) in [6.07, 6.45) is 2.27. The topological polar surface area (TPSA) is 99.8 Å². The van der Waals surface area contributed by atoms with Gasteiger partial charge in [-0.2, -0.15) is 0 Å². The molecule has 1 heterocycles. The first-order chi connectivity index (χ1) is 11.1. The molecule has 3 rings (SSSR count). The Morgan fingerprint density at radius 2 is 2.00 bits per heavy atom. The van der Waals surface area contributed by atoms with Crippen molar-refractivity contribution >= 4 is 35.2 Å². The van der Waals surface area contributed by atoms with Gasteiger partial charge >= 0.3 is 0 Å². The molecular weight excluding hydrogens is 338 g/mol. The van der Waals surface area contributed by atoms with Gasteiger partial charge in [-0.1, -0.05) is 23.4 Å². The van der Waals surface area contributed by atoms with Crippen molar-refractivity contribution in [3.05, 3.63) is 40.7 Å². The summed E-state index contributed by atoms with van der Waals surface area (Å²) in [5.74, 6) is 0.736. The zero-order chi connectivity index (χ0) is 16.2. The number of amides is 2. The van der Waals surface area contributed by atoms with E-state index < -0.39 is 5.91 Å². The van der Waals surface area contributed by atoms with Gasteiger partial charge in [0.1, 0.15) is 5.82 Å². The van der Waals surface area contributed by atoms with Crippen molar-refractivity contribution in [3.8, 4) is 0 Å². The normalized spacial score (nSPS) is 13.6. The maximum atomic E-state index is 11.8. The van der Waals surface area contributed by atoms with Crippen LogP contribution in [0.4, 0.5) is 0 Å². The number of halogens is 1. The number of nitrogens with zero attached hydrogens (tertiary/aromatic N) is 2. The van der Waals surface area contributed by atoms with Gasteiger partial charge in [-0.25, -0.2) is 4.98 Å². The number of H-pyrrole nitrogens is 1. The summed E-state index contributed by atoms with van der Waals surface area (Å²) in [5, 5.41) is 8.00. The molecule has 0 unspecified atom stereocenters. The van der Waals surface area contributed by atoms with Crippen LogP contribution in [0.1, 0.15) is 34.9 Å². The highest BCUT2D eigenvalue weighted by Crippen LogP contribution is 2.38. The molecule has 0 radical (unpaired) electrons. The SMILES string of the molecule is O=C(CSc1n[nH]c(C2CC2)n1)NNC(=O)c1ccc(Cl)cc1. The Labute approximate surface area is 141 Å². The molecule has 0 saturated heterocycles. The van der Waals surface area contributed by atoms with E-state index in [-0.39, 0.29) is 11.7 Å². The minimum absolute atomic E-state index is 0.114. The Morgan fingerprint density at radius 3 is 2.70 bits per heavy atom. The lowest BCUT2D eigenvalue weighted by molar-refractivity contribution is -0.119. The van der Waals surface area contributed by atoms with Crippen LogP contribution in [-0.2, 0) is 4.79 Å². The first-order valence-corrected chi connectivity index (χ1v) is 8.38. The average molecular weight is 352 g/mol. The Hall–Kier alpha value is -2.06. The van der Waals surface area contributed by atoms with Crippen LogP contribution in [0, 0.1) is 0 Å². The second-order valence-corrected chi connectivity index (χ2v) is 6.45. The number of benzene rings is 1. The number of nitrogens with one attached hydrogen (secondary N) is 3. The summed E-state index contributed by atoms with van der Waals surface area (Å²) in [6.45, 7) is 0. The third-order valence-corrected chi connectivity index (χ3v) is 4.30. The van der Waals surface area contributed by atoms with E-state index in [0.29, 0.717) is 21.7 Å². The molecule has 23 heavy (non-hydrogen) atoms. The van der Waals surface area contributed by atoms with Crippen molar-refractivity contribution in [2.75, 3.05) is 5.75 Å². The number of hydrogen-bond donors (Lipinski definition) is 3. The molecule has 9 heteroatoms. The van der Waals surface area contributed by atoms with Gasteiger partial charge in [0.05, 0.1) is 5.75 Å². The smallest absolute Gasteiger partial charge is 0.269 e. The summed E-state index contributed by atoms with van der Waals surface area (Å²) >= 11 is 6.96. The van der Waals surface area contributed by atoms with Gasteiger partial charge in [-0.3, -0.25) is 25.5 Å². The second-order valence-electron chi connectivity index (χ2n) is 5.08. The highest BCUT2D eigenvalue weighted by molar-refractivity contribution is 7.99. The lowest BCUT2D eigenvalue weighted by atomic mass is 10.2. The van der Waals surface area contributed by atoms with E-state index in [1.165, 1.54) is 11.8 Å². The number of hydrazine groups is 1. The van der Waals surface area contributed by atoms with Gasteiger partial charge in [0, 0.05) is 16.5 Å². The van der Waals surface area contributed by atoms with Crippen molar-refractivity contribution < 1.29 is 9.59 Å². The van der Waals surface area contributed by atoms with Crippen LogP contribution < -0.4 is 10.9 Å². The number of rotatable bonds is 5. The van der Waals surface area contributed by atoms with Crippen LogP contribution in [0.25, 0.3) is 0 Å². The molecule has 120 valence electrons. The summed E-state index contributed by atoms with van der Waals surface area (Å²) < 4.78 is 0. The van der Waals surface area contributed by atoms with Gasteiger partial charge in [0.15, 0.2) is 0 Å². The zero-order valence-electron chi connectivity index (χ0n) is 12.0. The van der Waals surface area contributed by atoms with Gasteiger partial charge in [-0.15, -0.1) is 5.10 Å². The quantitative estimate of drug-likeness (QED) is 0.564. The standard InChI is InChI=1S/C14H14ClN5O2S/c15-10-5-3-9(4-6-10)13(22)19-17-11(21)7-23-14-16-12(18-20-14)8-1-2-8/h3-6,8H,1-2,7H2,(H,17,21)(H,19,22)(H,16,18,20). The maximum Gasteiger partial charge on any atom is 0.269 e. The van der Waals surface area contributed by atoms with Crippen LogP contribution in [0.5, 0.6) is 0 Å². The number of thioether (sulfide) groups is 1. The largest absolute Gasteiger partial charge is 0.272 e. The second kappa shape index (κ2) is 7.01. The molecule has 2 amide bonds. The van der Waals surface area contributed by atoms with Crippen LogP contribution in [0.15, 0.2) is 29.4 Å². The Balaban J connectivity index is 1.41. The number of carbonyl (C=O) groups excluding carboxylic acids is 2. The molecule has 1 saturated carbocycles. The lowest BCUT2D eigenvalue weighted by Crippen LogP contribution is -2.42. The van der Waals surface area contributed by atoms with Crippen molar-refractivity contribution in [2.24, 2.45) is 0 Å². The zero-order valence-corrected chi connectivity index (χ0v) is 13.6. The number of hydrogen-bond acceptors (Lipinski definition) is 5. The molecule has 0 aliphatic heterocycles. The van der Waals surface area contributed by atoms with Crippen molar-refractivity contribution in [1.29, 1.82) is 0 Å². The predicted octanol–water partition coefficient (Wildman–Crippen LogP) is 1.89. The average Bonchev–Trinajstić information content (AvgIpc) is 3.30. The molecule has 1 aliphatic carbocycles. The maximum absolute atomic E-state index is 11.8. The number of carbonyl (C=O) groups is 2. The summed E-state index contributed by atoms with van der Waals surface area (Å²) in [4.78, 5) is 27.9. The molecule has 1 aromatic carbocycles. The van der Waals surface area contributed by atoms with E-state index in [2.05, 4.69) is 26.0 Å². The minimum Gasteiger partial charge on any atom is -0.272 e. The summed E-state index contributed by atoms with van der Waals surface area (Å²) in [7, 11) is 0. The summed E-state index contributed by atoms with van der Waals surface area (Å²) in [5.41, 5.74) is 5.10. The number of aromatic nitrogens is 3. The minimum atomic E-state index is -0.408. The van der Waals surface area contributed by atoms with E-state index in [9.17, 15) is 9.59 Å². The van der Waals surface area contributed by atoms with Crippen LogP contribution in [-0.4, -0.2) is 32.7 Å². The van der Waals surface area contributed by atoms with E-state index in [1.807, 2.05) is 0 Å². The van der Waals surface area contributed by atoms with E-state index in [4.69, 9.17) is 11.6 Å². The third kappa shape index (κ3) is 4.46. The molecule has 1 aromatic heterocycles. The fourth-order valence-electron chi connectivity index (χ4n) is 1.83. The summed E-state index contributed by atoms with van der Waals surface area (Å²) in [6, 6.07) is 6.36. The van der Waals surface area contributed by atoms with Crippen LogP contribution >= 0.6 is 23.4 Å². The van der Waals surface area contributed by atoms with E-state index in [0.717, 1.165) is 18.7 Å². The van der Waals surface area contributed by atoms with Crippen molar-refractivity contribution in [2.45, 2.75) is 23.9 Å². The highest BCUT2D eigenvalue weighted by Gasteiger charge is 2.27. The predicted molar refractivity (Wildman–Crippen MR) is 86.1 cm³/mol. The lowest BCUT2D eigenvalue weighted by Gasteiger charge is -2.06. The number of aromatic amines is 1. The van der Waals surface area contributed by atoms with E-state index in [1.54, 1.807) is 24.3 Å². The molecule has 0 bridgehead atoms. The van der Waals surface area contributed by atoms with Crippen molar-refractivity contribution in [1.82, 2.24) is 26.0 Å². The fraction of sp³-hybridized carbons (Fsp3) is 0.286. The molecule has 3 N–H and O–H groups in total. The molecule has 1 aliphatic rings. The van der Waals surface area contributed by atoms with Crippen LogP contribution in [0.3, 0.4) is 0 Å². The van der Waals surface area contributed by atoms with Gasteiger partial charge in [0.2, 0.25) is 11.1 Å². The fourth-order valence-corrected chi connectivity index (χ4v) is 2.56. The van der Waals surface area contributed by atoms with Gasteiger partial charge in [-0.05, 0) is 37.1 Å². The third-order valence-electron chi connectivity index (χ3n) is 3.20. The highest BCUT2D eigenvalue weighted by atomic mass is 35.5. The Morgan fingerprint density at radius 1 is 1.26 bits per heavy atom. The molecule has 1 fully saturated rings. The van der Waals surface area contributed by atoms with E-state index >= 15 is 0 Å².